The van der Waals surface area contributed by atoms with Crippen LogP contribution in [0.4, 0.5) is 4.39 Å². The SMILES string of the molecule is COc1cccc(-n2c(SCC(=O)NNC(=O)c3ccc(F)cc3)nc3sc4c(c3c2=O)CCCC4)c1. The molecule has 0 saturated heterocycles. The Hall–Kier alpha value is -3.70. The van der Waals surface area contributed by atoms with Crippen LogP contribution in [-0.2, 0) is 17.6 Å². The fourth-order valence-electron chi connectivity index (χ4n) is 4.23. The first kappa shape index (κ1) is 25.0. The van der Waals surface area contributed by atoms with Crippen molar-refractivity contribution < 1.29 is 18.7 Å². The van der Waals surface area contributed by atoms with Gasteiger partial charge in [-0.25, -0.2) is 9.37 Å². The molecule has 2 amide bonds. The summed E-state index contributed by atoms with van der Waals surface area (Å²) in [5.74, 6) is -1.03. The molecule has 4 aromatic rings. The van der Waals surface area contributed by atoms with Gasteiger partial charge >= 0.3 is 0 Å². The zero-order chi connectivity index (χ0) is 25.9. The zero-order valence-electron chi connectivity index (χ0n) is 19.9. The van der Waals surface area contributed by atoms with Crippen molar-refractivity contribution in [1.82, 2.24) is 20.4 Å². The molecule has 2 heterocycles. The second-order valence-corrected chi connectivity index (χ2v) is 10.5. The molecule has 37 heavy (non-hydrogen) atoms. The van der Waals surface area contributed by atoms with E-state index in [4.69, 9.17) is 9.72 Å². The fourth-order valence-corrected chi connectivity index (χ4v) is 6.34. The Morgan fingerprint density at radius 3 is 2.70 bits per heavy atom. The van der Waals surface area contributed by atoms with E-state index in [1.54, 1.807) is 31.4 Å². The number of aromatic nitrogens is 2. The van der Waals surface area contributed by atoms with E-state index in [0.717, 1.165) is 55.1 Å². The molecule has 190 valence electrons. The molecule has 2 N–H and O–H groups in total. The maximum Gasteiger partial charge on any atom is 0.269 e. The van der Waals surface area contributed by atoms with Gasteiger partial charge in [-0.15, -0.1) is 11.3 Å². The third-order valence-electron chi connectivity index (χ3n) is 6.02. The fraction of sp³-hybridized carbons (Fsp3) is 0.231. The highest BCUT2D eigenvalue weighted by molar-refractivity contribution is 7.99. The number of aryl methyl sites for hydroxylation is 2. The van der Waals surface area contributed by atoms with E-state index in [1.807, 2.05) is 0 Å². The van der Waals surface area contributed by atoms with Gasteiger partial charge in [-0.3, -0.25) is 29.8 Å². The van der Waals surface area contributed by atoms with E-state index in [9.17, 15) is 18.8 Å². The molecule has 8 nitrogen and oxygen atoms in total. The summed E-state index contributed by atoms with van der Waals surface area (Å²) >= 11 is 2.63. The average molecular weight is 539 g/mol. The molecule has 0 aliphatic heterocycles. The average Bonchev–Trinajstić information content (AvgIpc) is 3.29. The van der Waals surface area contributed by atoms with Gasteiger partial charge in [-0.05, 0) is 67.6 Å². The van der Waals surface area contributed by atoms with Crippen LogP contribution in [0.3, 0.4) is 0 Å². The number of nitrogens with one attached hydrogen (secondary N) is 2. The molecule has 0 radical (unpaired) electrons. The van der Waals surface area contributed by atoms with Crippen molar-refractivity contribution in [3.63, 3.8) is 0 Å². The maximum atomic E-state index is 13.8. The minimum Gasteiger partial charge on any atom is -0.497 e. The van der Waals surface area contributed by atoms with Crippen LogP contribution in [-0.4, -0.2) is 34.2 Å². The number of hydrazine groups is 1. The molecule has 5 rings (SSSR count). The van der Waals surface area contributed by atoms with Gasteiger partial charge in [0, 0.05) is 16.5 Å². The third-order valence-corrected chi connectivity index (χ3v) is 8.15. The Kier molecular flexibility index (Phi) is 7.24. The minimum atomic E-state index is -0.574. The molecule has 1 aliphatic rings. The smallest absolute Gasteiger partial charge is 0.269 e. The van der Waals surface area contributed by atoms with Gasteiger partial charge in [0.25, 0.3) is 11.5 Å². The van der Waals surface area contributed by atoms with E-state index in [0.29, 0.717) is 26.8 Å². The zero-order valence-corrected chi connectivity index (χ0v) is 21.5. The highest BCUT2D eigenvalue weighted by atomic mass is 32.2. The third kappa shape index (κ3) is 5.23. The van der Waals surface area contributed by atoms with Crippen LogP contribution in [0, 0.1) is 5.82 Å². The normalized spacial score (nSPS) is 12.7. The Morgan fingerprint density at radius 1 is 1.14 bits per heavy atom. The predicted molar refractivity (Wildman–Crippen MR) is 141 cm³/mol. The monoisotopic (exact) mass is 538 g/mol. The summed E-state index contributed by atoms with van der Waals surface area (Å²) in [6.07, 6.45) is 3.92. The lowest BCUT2D eigenvalue weighted by Gasteiger charge is -2.14. The number of thioether (sulfide) groups is 1. The number of nitrogens with zero attached hydrogens (tertiary/aromatic N) is 2. The molecular formula is C26H23FN4O4S2. The number of carbonyl (C=O) groups is 2. The van der Waals surface area contributed by atoms with Crippen molar-refractivity contribution in [2.75, 3.05) is 12.9 Å². The quantitative estimate of drug-likeness (QED) is 0.218. The molecule has 2 aromatic carbocycles. The number of methoxy groups -OCH3 is 1. The number of hydrogen-bond acceptors (Lipinski definition) is 7. The van der Waals surface area contributed by atoms with E-state index in [2.05, 4.69) is 10.9 Å². The number of ether oxygens (including phenoxy) is 1. The van der Waals surface area contributed by atoms with Gasteiger partial charge < -0.3 is 4.74 Å². The summed E-state index contributed by atoms with van der Waals surface area (Å²) in [7, 11) is 1.55. The van der Waals surface area contributed by atoms with Gasteiger partial charge in [0.15, 0.2) is 5.16 Å². The van der Waals surface area contributed by atoms with Crippen LogP contribution in [0.15, 0.2) is 58.5 Å². The van der Waals surface area contributed by atoms with Crippen LogP contribution in [0.5, 0.6) is 5.75 Å². The molecule has 0 fully saturated rings. The first-order valence-electron chi connectivity index (χ1n) is 11.6. The van der Waals surface area contributed by atoms with Crippen LogP contribution in [0.25, 0.3) is 15.9 Å². The lowest BCUT2D eigenvalue weighted by Crippen LogP contribution is -2.42. The highest BCUT2D eigenvalue weighted by Gasteiger charge is 2.23. The van der Waals surface area contributed by atoms with E-state index in [1.165, 1.54) is 32.9 Å². The number of hydrogen-bond donors (Lipinski definition) is 2. The van der Waals surface area contributed by atoms with E-state index < -0.39 is 17.6 Å². The van der Waals surface area contributed by atoms with Crippen molar-refractivity contribution in [3.05, 3.63) is 80.7 Å². The summed E-state index contributed by atoms with van der Waals surface area (Å²) in [6, 6.07) is 12.1. The second kappa shape index (κ2) is 10.7. The van der Waals surface area contributed by atoms with E-state index in [-0.39, 0.29) is 16.9 Å². The lowest BCUT2D eigenvalue weighted by atomic mass is 9.97. The van der Waals surface area contributed by atoms with E-state index >= 15 is 0 Å². The molecule has 0 spiro atoms. The first-order chi connectivity index (χ1) is 17.9. The summed E-state index contributed by atoms with van der Waals surface area (Å²) in [5, 5.41) is 1.01. The van der Waals surface area contributed by atoms with Crippen LogP contribution in [0.1, 0.15) is 33.6 Å². The number of halogens is 1. The standard InChI is InChI=1S/C26H23FN4O4S2/c1-35-18-6-4-5-17(13-18)31-25(34)22-19-7-2-3-8-20(19)37-24(22)28-26(31)36-14-21(32)29-30-23(33)15-9-11-16(27)12-10-15/h4-6,9-13H,2-3,7-8,14H2,1H3,(H,29,32)(H,30,33). The Balaban J connectivity index is 1.41. The maximum absolute atomic E-state index is 13.8. The Morgan fingerprint density at radius 2 is 1.92 bits per heavy atom. The Bertz CT molecular complexity index is 1550. The highest BCUT2D eigenvalue weighted by Crippen LogP contribution is 2.35. The number of amides is 2. The summed E-state index contributed by atoms with van der Waals surface area (Å²) < 4.78 is 19.9. The van der Waals surface area contributed by atoms with Crippen molar-refractivity contribution in [3.8, 4) is 11.4 Å². The second-order valence-electron chi connectivity index (χ2n) is 8.43. The van der Waals surface area contributed by atoms with Crippen molar-refractivity contribution >= 4 is 45.1 Å². The predicted octanol–water partition coefficient (Wildman–Crippen LogP) is 4.03. The van der Waals surface area contributed by atoms with Gasteiger partial charge in [0.05, 0.1) is 23.9 Å². The molecular weight excluding hydrogens is 515 g/mol. The van der Waals surface area contributed by atoms with Gasteiger partial charge in [-0.1, -0.05) is 17.8 Å². The lowest BCUT2D eigenvalue weighted by molar-refractivity contribution is -0.119. The molecule has 2 aromatic heterocycles. The van der Waals surface area contributed by atoms with Crippen LogP contribution >= 0.6 is 23.1 Å². The molecule has 11 heteroatoms. The van der Waals surface area contributed by atoms with Crippen molar-refractivity contribution in [2.45, 2.75) is 30.8 Å². The molecule has 0 saturated carbocycles. The van der Waals surface area contributed by atoms with Crippen LogP contribution in [0.2, 0.25) is 0 Å². The topological polar surface area (TPSA) is 102 Å². The molecule has 0 bridgehead atoms. The van der Waals surface area contributed by atoms with Gasteiger partial charge in [-0.2, -0.15) is 0 Å². The minimum absolute atomic E-state index is 0.100. The summed E-state index contributed by atoms with van der Waals surface area (Å²) in [6.45, 7) is 0. The number of thiophene rings is 1. The number of fused-ring (bicyclic) bond motifs is 3. The Labute approximate surface area is 219 Å². The molecule has 0 unspecified atom stereocenters. The van der Waals surface area contributed by atoms with Gasteiger partial charge in [0.2, 0.25) is 5.91 Å². The van der Waals surface area contributed by atoms with Crippen molar-refractivity contribution in [2.24, 2.45) is 0 Å². The molecule has 0 atom stereocenters. The number of rotatable bonds is 6. The largest absolute Gasteiger partial charge is 0.497 e. The van der Waals surface area contributed by atoms with Crippen LogP contribution < -0.4 is 21.1 Å². The first-order valence-corrected chi connectivity index (χ1v) is 13.4. The summed E-state index contributed by atoms with van der Waals surface area (Å²) in [4.78, 5) is 45.2. The molecule has 1 aliphatic carbocycles. The van der Waals surface area contributed by atoms with Crippen molar-refractivity contribution in [1.29, 1.82) is 0 Å². The van der Waals surface area contributed by atoms with Gasteiger partial charge in [0.1, 0.15) is 16.4 Å². The number of carbonyl (C=O) groups excluding carboxylic acids is 2. The number of benzene rings is 2. The summed E-state index contributed by atoms with van der Waals surface area (Å²) in [5.41, 5.74) is 6.36.